The van der Waals surface area contributed by atoms with Crippen LogP contribution >= 0.6 is 0 Å². The average molecular weight is 270 g/mol. The van der Waals surface area contributed by atoms with Crippen LogP contribution in [0, 0.1) is 0 Å². The van der Waals surface area contributed by atoms with Crippen LogP contribution in [0.3, 0.4) is 0 Å². The van der Waals surface area contributed by atoms with E-state index in [1.165, 1.54) is 5.56 Å². The van der Waals surface area contributed by atoms with E-state index in [0.717, 1.165) is 11.1 Å². The summed E-state index contributed by atoms with van der Waals surface area (Å²) in [7, 11) is 0. The van der Waals surface area contributed by atoms with Crippen molar-refractivity contribution in [1.82, 2.24) is 0 Å². The Morgan fingerprint density at radius 2 is 1.50 bits per heavy atom. The monoisotopic (exact) mass is 270 g/mol. The van der Waals surface area contributed by atoms with Gasteiger partial charge in [0, 0.05) is 0 Å². The van der Waals surface area contributed by atoms with Gasteiger partial charge < -0.3 is 9.84 Å². The van der Waals surface area contributed by atoms with Crippen LogP contribution in [0.25, 0.3) is 0 Å². The molecule has 2 nitrogen and oxygen atoms in total. The highest BCUT2D eigenvalue weighted by atomic mass is 16.5. The molecule has 0 aliphatic heterocycles. The number of aliphatic hydroxyl groups excluding tert-OH is 1. The maximum atomic E-state index is 10.1. The van der Waals surface area contributed by atoms with E-state index in [4.69, 9.17) is 4.74 Å². The summed E-state index contributed by atoms with van der Waals surface area (Å²) < 4.78 is 5.56. The van der Waals surface area contributed by atoms with E-state index in [9.17, 15) is 5.11 Å². The molecular weight excluding hydrogens is 248 g/mol. The Morgan fingerprint density at radius 1 is 0.900 bits per heavy atom. The van der Waals surface area contributed by atoms with Gasteiger partial charge in [-0.05, 0) is 22.6 Å². The topological polar surface area (TPSA) is 29.5 Å². The van der Waals surface area contributed by atoms with Gasteiger partial charge in [-0.15, -0.1) is 0 Å². The van der Waals surface area contributed by atoms with Crippen molar-refractivity contribution in [2.24, 2.45) is 0 Å². The highest BCUT2D eigenvalue weighted by Gasteiger charge is 2.08. The summed E-state index contributed by atoms with van der Waals surface area (Å²) in [5, 5.41) is 10.1. The first-order valence-electron chi connectivity index (χ1n) is 7.06. The quantitative estimate of drug-likeness (QED) is 0.857. The molecular formula is C18H22O2. The van der Waals surface area contributed by atoms with Gasteiger partial charge in [-0.1, -0.05) is 68.4 Å². The average Bonchev–Trinajstić information content (AvgIpc) is 2.48. The van der Waals surface area contributed by atoms with E-state index < -0.39 is 6.10 Å². The fourth-order valence-electron chi connectivity index (χ4n) is 2.06. The highest BCUT2D eigenvalue weighted by Crippen LogP contribution is 2.19. The summed E-state index contributed by atoms with van der Waals surface area (Å²) in [5.74, 6) is 0.510. The Balaban J connectivity index is 1.84. The number of benzene rings is 2. The zero-order valence-corrected chi connectivity index (χ0v) is 12.1. The lowest BCUT2D eigenvalue weighted by Crippen LogP contribution is -2.07. The second kappa shape index (κ2) is 7.22. The zero-order chi connectivity index (χ0) is 14.4. The third-order valence-corrected chi connectivity index (χ3v) is 3.38. The molecule has 0 saturated heterocycles. The standard InChI is InChI=1S/C18H22O2/c1-14(2)16-8-10-17(11-9-16)18(19)13-20-12-15-6-4-3-5-7-15/h3-11,14,18-19H,12-13H2,1-2H3. The fraction of sp³-hybridized carbons (Fsp3) is 0.333. The Bertz CT molecular complexity index is 503. The summed E-state index contributed by atoms with van der Waals surface area (Å²) in [6.45, 7) is 5.17. The van der Waals surface area contributed by atoms with E-state index in [1.54, 1.807) is 0 Å². The summed E-state index contributed by atoms with van der Waals surface area (Å²) in [6, 6.07) is 18.1. The molecule has 1 N–H and O–H groups in total. The molecule has 0 aliphatic rings. The van der Waals surface area contributed by atoms with E-state index in [0.29, 0.717) is 19.1 Å². The third-order valence-electron chi connectivity index (χ3n) is 3.38. The molecule has 2 aromatic rings. The number of ether oxygens (including phenoxy) is 1. The lowest BCUT2D eigenvalue weighted by atomic mass is 10.0. The van der Waals surface area contributed by atoms with Gasteiger partial charge >= 0.3 is 0 Å². The molecule has 0 amide bonds. The second-order valence-corrected chi connectivity index (χ2v) is 5.34. The van der Waals surface area contributed by atoms with E-state index in [1.807, 2.05) is 42.5 Å². The number of aliphatic hydroxyl groups is 1. The van der Waals surface area contributed by atoms with E-state index in [-0.39, 0.29) is 0 Å². The van der Waals surface area contributed by atoms with Crippen LogP contribution in [0.1, 0.15) is 42.6 Å². The van der Waals surface area contributed by atoms with Crippen LogP contribution in [0.5, 0.6) is 0 Å². The summed E-state index contributed by atoms with van der Waals surface area (Å²) in [6.07, 6.45) is -0.570. The van der Waals surface area contributed by atoms with Crippen LogP contribution in [0.15, 0.2) is 54.6 Å². The molecule has 1 atom stereocenters. The normalized spacial score (nSPS) is 12.6. The van der Waals surface area contributed by atoms with Crippen molar-refractivity contribution in [2.75, 3.05) is 6.61 Å². The van der Waals surface area contributed by atoms with Crippen molar-refractivity contribution < 1.29 is 9.84 Å². The van der Waals surface area contributed by atoms with Crippen molar-refractivity contribution in [1.29, 1.82) is 0 Å². The molecule has 2 rings (SSSR count). The SMILES string of the molecule is CC(C)c1ccc(C(O)COCc2ccccc2)cc1. The van der Waals surface area contributed by atoms with Crippen molar-refractivity contribution in [3.63, 3.8) is 0 Å². The first kappa shape index (κ1) is 14.8. The highest BCUT2D eigenvalue weighted by molar-refractivity contribution is 5.26. The Kier molecular flexibility index (Phi) is 5.33. The molecule has 106 valence electrons. The van der Waals surface area contributed by atoms with Crippen LogP contribution in [0.2, 0.25) is 0 Å². The molecule has 2 heteroatoms. The van der Waals surface area contributed by atoms with Crippen LogP contribution in [-0.2, 0) is 11.3 Å². The van der Waals surface area contributed by atoms with Crippen molar-refractivity contribution in [2.45, 2.75) is 32.5 Å². The molecule has 1 unspecified atom stereocenters. The predicted molar refractivity (Wildman–Crippen MR) is 81.6 cm³/mol. The Morgan fingerprint density at radius 3 is 2.10 bits per heavy atom. The largest absolute Gasteiger partial charge is 0.386 e. The minimum Gasteiger partial charge on any atom is -0.386 e. The van der Waals surface area contributed by atoms with Crippen LogP contribution in [0.4, 0.5) is 0 Å². The zero-order valence-electron chi connectivity index (χ0n) is 12.1. The lowest BCUT2D eigenvalue weighted by Gasteiger charge is -2.13. The minimum atomic E-state index is -0.570. The summed E-state index contributed by atoms with van der Waals surface area (Å²) in [4.78, 5) is 0. The maximum absolute atomic E-state index is 10.1. The first-order chi connectivity index (χ1) is 9.66. The van der Waals surface area contributed by atoms with Crippen molar-refractivity contribution >= 4 is 0 Å². The van der Waals surface area contributed by atoms with E-state index in [2.05, 4.69) is 26.0 Å². The second-order valence-electron chi connectivity index (χ2n) is 5.34. The molecule has 0 aromatic heterocycles. The Hall–Kier alpha value is -1.64. The Labute approximate surface area is 121 Å². The first-order valence-corrected chi connectivity index (χ1v) is 7.06. The molecule has 0 spiro atoms. The third kappa shape index (κ3) is 4.19. The lowest BCUT2D eigenvalue weighted by molar-refractivity contribution is 0.0277. The molecule has 2 aromatic carbocycles. The molecule has 0 aliphatic carbocycles. The van der Waals surface area contributed by atoms with Crippen LogP contribution < -0.4 is 0 Å². The summed E-state index contributed by atoms with van der Waals surface area (Å²) >= 11 is 0. The van der Waals surface area contributed by atoms with Gasteiger partial charge in [0.15, 0.2) is 0 Å². The van der Waals surface area contributed by atoms with Gasteiger partial charge in [0.25, 0.3) is 0 Å². The van der Waals surface area contributed by atoms with Gasteiger partial charge in [-0.25, -0.2) is 0 Å². The fourth-order valence-corrected chi connectivity index (χ4v) is 2.06. The smallest absolute Gasteiger partial charge is 0.102 e. The van der Waals surface area contributed by atoms with Gasteiger partial charge in [0.05, 0.1) is 13.2 Å². The van der Waals surface area contributed by atoms with Gasteiger partial charge in [-0.3, -0.25) is 0 Å². The molecule has 0 bridgehead atoms. The number of hydrogen-bond acceptors (Lipinski definition) is 2. The maximum Gasteiger partial charge on any atom is 0.102 e. The number of rotatable bonds is 6. The predicted octanol–water partition coefficient (Wildman–Crippen LogP) is 4.06. The van der Waals surface area contributed by atoms with Gasteiger partial charge in [-0.2, -0.15) is 0 Å². The molecule has 0 radical (unpaired) electrons. The van der Waals surface area contributed by atoms with E-state index >= 15 is 0 Å². The van der Waals surface area contributed by atoms with Crippen LogP contribution in [-0.4, -0.2) is 11.7 Å². The minimum absolute atomic E-state index is 0.315. The summed E-state index contributed by atoms with van der Waals surface area (Å²) in [5.41, 5.74) is 3.31. The molecule has 0 fully saturated rings. The molecule has 0 heterocycles. The van der Waals surface area contributed by atoms with Gasteiger partial charge in [0.1, 0.15) is 6.10 Å². The molecule has 0 saturated carbocycles. The van der Waals surface area contributed by atoms with Gasteiger partial charge in [0.2, 0.25) is 0 Å². The van der Waals surface area contributed by atoms with Crippen molar-refractivity contribution in [3.8, 4) is 0 Å². The molecule has 20 heavy (non-hydrogen) atoms. The number of hydrogen-bond donors (Lipinski definition) is 1. The van der Waals surface area contributed by atoms with Crippen molar-refractivity contribution in [3.05, 3.63) is 71.3 Å².